The zero-order chi connectivity index (χ0) is 15.6. The van der Waals surface area contributed by atoms with Crippen molar-refractivity contribution >= 4 is 22.6 Å². The monoisotopic (exact) mass is 288 g/mol. The first kappa shape index (κ1) is 15.4. The number of nitrogens with zero attached hydrogens (tertiary/aromatic N) is 2. The maximum atomic E-state index is 12.1. The highest BCUT2D eigenvalue weighted by atomic mass is 16.2. The molecule has 1 aromatic carbocycles. The molecule has 114 valence electrons. The van der Waals surface area contributed by atoms with Crippen LogP contribution in [0.2, 0.25) is 0 Å². The molecule has 0 spiro atoms. The zero-order valence-corrected chi connectivity index (χ0v) is 13.2. The maximum absolute atomic E-state index is 12.1. The molecule has 21 heavy (non-hydrogen) atoms. The number of carbonyl (C=O) groups is 1. The van der Waals surface area contributed by atoms with E-state index in [2.05, 4.69) is 21.8 Å². The van der Waals surface area contributed by atoms with Crippen LogP contribution in [0.5, 0.6) is 0 Å². The Hall–Kier alpha value is -2.04. The second-order valence-electron chi connectivity index (χ2n) is 6.08. The molecule has 1 amide bonds. The normalized spacial score (nSPS) is 11.8. The highest BCUT2D eigenvalue weighted by Crippen LogP contribution is 2.26. The molecule has 0 aliphatic carbocycles. The zero-order valence-electron chi connectivity index (χ0n) is 13.2. The number of fused-ring (bicyclic) bond motifs is 1. The van der Waals surface area contributed by atoms with E-state index < -0.39 is 5.41 Å². The minimum Gasteiger partial charge on any atom is -0.399 e. The third-order valence-electron chi connectivity index (χ3n) is 3.72. The van der Waals surface area contributed by atoms with Crippen molar-refractivity contribution in [3.05, 3.63) is 24.0 Å². The van der Waals surface area contributed by atoms with Gasteiger partial charge in [0.25, 0.3) is 0 Å². The molecule has 0 saturated carbocycles. The summed E-state index contributed by atoms with van der Waals surface area (Å²) in [6, 6.07) is 5.75. The van der Waals surface area contributed by atoms with Crippen LogP contribution in [0.15, 0.2) is 18.2 Å². The van der Waals surface area contributed by atoms with Crippen LogP contribution in [0.1, 0.15) is 33.0 Å². The number of imidazole rings is 1. The lowest BCUT2D eigenvalue weighted by Crippen LogP contribution is -2.38. The molecular weight excluding hydrogens is 264 g/mol. The number of amides is 1. The first-order valence-electron chi connectivity index (χ1n) is 7.36. The Kier molecular flexibility index (Phi) is 4.21. The largest absolute Gasteiger partial charge is 0.399 e. The SMILES string of the molecule is CCCc1nc2cc(N)ccc2n1CC(C)(C)C(=O)NC. The van der Waals surface area contributed by atoms with Crippen LogP contribution in [0.4, 0.5) is 5.69 Å². The Morgan fingerprint density at radius 3 is 2.76 bits per heavy atom. The predicted molar refractivity (Wildman–Crippen MR) is 86.0 cm³/mol. The number of benzene rings is 1. The van der Waals surface area contributed by atoms with Crippen LogP contribution in [-0.4, -0.2) is 22.5 Å². The Morgan fingerprint density at radius 2 is 2.14 bits per heavy atom. The van der Waals surface area contributed by atoms with Crippen molar-refractivity contribution in [1.29, 1.82) is 0 Å². The summed E-state index contributed by atoms with van der Waals surface area (Å²) in [6.07, 6.45) is 1.90. The number of nitrogen functional groups attached to an aromatic ring is 1. The van der Waals surface area contributed by atoms with Gasteiger partial charge in [0.2, 0.25) is 5.91 Å². The summed E-state index contributed by atoms with van der Waals surface area (Å²) in [5.74, 6) is 1.04. The van der Waals surface area contributed by atoms with Crippen LogP contribution in [0.3, 0.4) is 0 Å². The summed E-state index contributed by atoms with van der Waals surface area (Å²) in [7, 11) is 1.67. The summed E-state index contributed by atoms with van der Waals surface area (Å²) in [5.41, 5.74) is 7.98. The summed E-state index contributed by atoms with van der Waals surface area (Å²) >= 11 is 0. The number of rotatable bonds is 5. The molecule has 0 fully saturated rings. The average molecular weight is 288 g/mol. The lowest BCUT2D eigenvalue weighted by molar-refractivity contribution is -0.129. The number of nitrogens with one attached hydrogen (secondary N) is 1. The third-order valence-corrected chi connectivity index (χ3v) is 3.72. The van der Waals surface area contributed by atoms with Gasteiger partial charge in [0.15, 0.2) is 0 Å². The molecule has 5 heteroatoms. The fraction of sp³-hybridized carbons (Fsp3) is 0.500. The molecule has 0 saturated heterocycles. The van der Waals surface area contributed by atoms with Gasteiger partial charge >= 0.3 is 0 Å². The maximum Gasteiger partial charge on any atom is 0.227 e. The van der Waals surface area contributed by atoms with E-state index in [0.29, 0.717) is 12.2 Å². The standard InChI is InChI=1S/C16H24N4O/c1-5-6-14-19-12-9-11(17)7-8-13(12)20(14)10-16(2,3)15(21)18-4/h7-9H,5-6,10,17H2,1-4H3,(H,18,21). The highest BCUT2D eigenvalue weighted by Gasteiger charge is 2.28. The lowest BCUT2D eigenvalue weighted by Gasteiger charge is -2.24. The quantitative estimate of drug-likeness (QED) is 0.829. The number of hydrogen-bond acceptors (Lipinski definition) is 3. The van der Waals surface area contributed by atoms with Gasteiger partial charge in [0.05, 0.1) is 16.4 Å². The van der Waals surface area contributed by atoms with Gasteiger partial charge in [-0.3, -0.25) is 4.79 Å². The Bertz CT molecular complexity index is 658. The van der Waals surface area contributed by atoms with E-state index in [1.807, 2.05) is 32.0 Å². The molecule has 3 N–H and O–H groups in total. The topological polar surface area (TPSA) is 72.9 Å². The average Bonchev–Trinajstić information content (AvgIpc) is 2.74. The molecule has 0 aliphatic heterocycles. The number of nitrogens with two attached hydrogens (primary N) is 1. The Balaban J connectivity index is 2.50. The van der Waals surface area contributed by atoms with Gasteiger partial charge in [-0.05, 0) is 38.5 Å². The predicted octanol–water partition coefficient (Wildman–Crippen LogP) is 2.34. The number of anilines is 1. The van der Waals surface area contributed by atoms with E-state index >= 15 is 0 Å². The fourth-order valence-corrected chi connectivity index (χ4v) is 2.59. The molecule has 1 aromatic heterocycles. The van der Waals surface area contributed by atoms with Crippen molar-refractivity contribution in [3.8, 4) is 0 Å². The fourth-order valence-electron chi connectivity index (χ4n) is 2.59. The van der Waals surface area contributed by atoms with E-state index in [0.717, 1.165) is 29.7 Å². The molecule has 2 aromatic rings. The van der Waals surface area contributed by atoms with Gasteiger partial charge in [0.1, 0.15) is 5.82 Å². The Morgan fingerprint density at radius 1 is 1.43 bits per heavy atom. The van der Waals surface area contributed by atoms with Crippen LogP contribution in [0.25, 0.3) is 11.0 Å². The molecule has 1 heterocycles. The van der Waals surface area contributed by atoms with Crippen LogP contribution in [0, 0.1) is 5.41 Å². The molecule has 5 nitrogen and oxygen atoms in total. The lowest BCUT2D eigenvalue weighted by atomic mass is 9.92. The molecule has 0 unspecified atom stereocenters. The summed E-state index contributed by atoms with van der Waals surface area (Å²) in [4.78, 5) is 16.7. The van der Waals surface area contributed by atoms with Crippen molar-refractivity contribution in [2.24, 2.45) is 5.41 Å². The minimum absolute atomic E-state index is 0.0299. The molecule has 0 aliphatic rings. The van der Waals surface area contributed by atoms with E-state index in [1.165, 1.54) is 0 Å². The van der Waals surface area contributed by atoms with Crippen molar-refractivity contribution < 1.29 is 4.79 Å². The van der Waals surface area contributed by atoms with Gasteiger partial charge in [-0.1, -0.05) is 6.92 Å². The van der Waals surface area contributed by atoms with E-state index in [4.69, 9.17) is 5.73 Å². The van der Waals surface area contributed by atoms with E-state index in [-0.39, 0.29) is 5.91 Å². The van der Waals surface area contributed by atoms with Crippen molar-refractivity contribution in [3.63, 3.8) is 0 Å². The molecule has 0 radical (unpaired) electrons. The van der Waals surface area contributed by atoms with E-state index in [9.17, 15) is 4.79 Å². The highest BCUT2D eigenvalue weighted by molar-refractivity contribution is 5.83. The van der Waals surface area contributed by atoms with Crippen molar-refractivity contribution in [2.45, 2.75) is 40.2 Å². The summed E-state index contributed by atoms with van der Waals surface area (Å²) in [5, 5.41) is 2.73. The summed E-state index contributed by atoms with van der Waals surface area (Å²) in [6.45, 7) is 6.62. The van der Waals surface area contributed by atoms with Gasteiger partial charge in [-0.25, -0.2) is 4.98 Å². The minimum atomic E-state index is -0.494. The van der Waals surface area contributed by atoms with Crippen molar-refractivity contribution in [2.75, 3.05) is 12.8 Å². The molecule has 2 rings (SSSR count). The number of hydrogen-bond donors (Lipinski definition) is 2. The van der Waals surface area contributed by atoms with Crippen molar-refractivity contribution in [1.82, 2.24) is 14.9 Å². The first-order valence-corrected chi connectivity index (χ1v) is 7.36. The number of aromatic nitrogens is 2. The number of carbonyl (C=O) groups excluding carboxylic acids is 1. The molecule has 0 bridgehead atoms. The molecular formula is C16H24N4O. The van der Waals surface area contributed by atoms with E-state index in [1.54, 1.807) is 7.05 Å². The van der Waals surface area contributed by atoms with Crippen LogP contribution in [-0.2, 0) is 17.8 Å². The van der Waals surface area contributed by atoms with Gasteiger partial charge in [-0.15, -0.1) is 0 Å². The number of aryl methyl sites for hydroxylation is 1. The molecule has 0 atom stereocenters. The summed E-state index contributed by atoms with van der Waals surface area (Å²) < 4.78 is 2.15. The Labute approximate surface area is 125 Å². The third kappa shape index (κ3) is 3.01. The van der Waals surface area contributed by atoms with Crippen LogP contribution < -0.4 is 11.1 Å². The van der Waals surface area contributed by atoms with Gasteiger partial charge in [-0.2, -0.15) is 0 Å². The first-order chi connectivity index (χ1) is 9.89. The smallest absolute Gasteiger partial charge is 0.227 e. The second kappa shape index (κ2) is 5.76. The second-order valence-corrected chi connectivity index (χ2v) is 6.08. The van der Waals surface area contributed by atoms with Gasteiger partial charge < -0.3 is 15.6 Å². The van der Waals surface area contributed by atoms with Crippen LogP contribution >= 0.6 is 0 Å². The van der Waals surface area contributed by atoms with Gasteiger partial charge in [0, 0.05) is 25.7 Å².